The SMILES string of the molecule is O=C(N[C@H](Cc1ccccc1Cl)[C@@H](O)C(=O)O)c1cc(-c2cnccn2)[nH]n1. The third kappa shape index (κ3) is 4.51. The number of hydrogen-bond acceptors (Lipinski definition) is 6. The minimum atomic E-state index is -1.82. The van der Waals surface area contributed by atoms with Gasteiger partial charge in [-0.15, -0.1) is 0 Å². The number of carboxylic acid groups (broad SMARTS) is 1. The lowest BCUT2D eigenvalue weighted by Crippen LogP contribution is -2.48. The number of benzene rings is 1. The van der Waals surface area contributed by atoms with Crippen LogP contribution in [0.4, 0.5) is 0 Å². The number of aromatic amines is 1. The monoisotopic (exact) mass is 401 g/mol. The van der Waals surface area contributed by atoms with Crippen molar-refractivity contribution in [2.75, 3.05) is 0 Å². The van der Waals surface area contributed by atoms with E-state index in [-0.39, 0.29) is 12.1 Å². The van der Waals surface area contributed by atoms with Crippen molar-refractivity contribution >= 4 is 23.5 Å². The number of carbonyl (C=O) groups excluding carboxylic acids is 1. The topological polar surface area (TPSA) is 141 Å². The number of aliphatic hydroxyl groups is 1. The number of amides is 1. The molecule has 0 unspecified atom stereocenters. The van der Waals surface area contributed by atoms with Crippen LogP contribution in [-0.2, 0) is 11.2 Å². The molecular weight excluding hydrogens is 386 g/mol. The van der Waals surface area contributed by atoms with Crippen LogP contribution in [0.1, 0.15) is 16.1 Å². The summed E-state index contributed by atoms with van der Waals surface area (Å²) in [7, 11) is 0. The average Bonchev–Trinajstić information content (AvgIpc) is 3.19. The summed E-state index contributed by atoms with van der Waals surface area (Å²) >= 11 is 6.11. The minimum absolute atomic E-state index is 0.0161. The Labute approximate surface area is 164 Å². The number of carbonyl (C=O) groups is 2. The second-order valence-electron chi connectivity index (χ2n) is 5.92. The molecule has 4 N–H and O–H groups in total. The lowest BCUT2D eigenvalue weighted by molar-refractivity contribution is -0.148. The normalized spacial score (nSPS) is 12.9. The average molecular weight is 402 g/mol. The zero-order valence-corrected chi connectivity index (χ0v) is 15.2. The maximum atomic E-state index is 12.5. The Balaban J connectivity index is 1.78. The van der Waals surface area contributed by atoms with Gasteiger partial charge in [-0.3, -0.25) is 19.9 Å². The molecule has 2 atom stereocenters. The number of aromatic nitrogens is 4. The summed E-state index contributed by atoms with van der Waals surface area (Å²) in [5.74, 6) is -2.11. The first kappa shape index (κ1) is 19.5. The summed E-state index contributed by atoms with van der Waals surface area (Å²) in [6.07, 6.45) is 2.72. The number of hydrogen-bond donors (Lipinski definition) is 4. The third-order valence-electron chi connectivity index (χ3n) is 4.00. The smallest absolute Gasteiger partial charge is 0.334 e. The second kappa shape index (κ2) is 8.59. The minimum Gasteiger partial charge on any atom is -0.479 e. The number of aliphatic carboxylic acids is 1. The van der Waals surface area contributed by atoms with Gasteiger partial charge in [-0.1, -0.05) is 29.8 Å². The predicted molar refractivity (Wildman–Crippen MR) is 99.7 cm³/mol. The number of rotatable bonds is 7. The van der Waals surface area contributed by atoms with E-state index < -0.39 is 24.0 Å². The van der Waals surface area contributed by atoms with E-state index in [2.05, 4.69) is 25.5 Å². The van der Waals surface area contributed by atoms with Crippen LogP contribution in [0.15, 0.2) is 48.9 Å². The molecule has 0 bridgehead atoms. The van der Waals surface area contributed by atoms with Crippen molar-refractivity contribution in [1.29, 1.82) is 0 Å². The van der Waals surface area contributed by atoms with E-state index in [9.17, 15) is 14.7 Å². The van der Waals surface area contributed by atoms with E-state index in [4.69, 9.17) is 16.7 Å². The Kier molecular flexibility index (Phi) is 5.97. The molecule has 1 aromatic carbocycles. The van der Waals surface area contributed by atoms with E-state index >= 15 is 0 Å². The van der Waals surface area contributed by atoms with Gasteiger partial charge in [0.05, 0.1) is 17.9 Å². The highest BCUT2D eigenvalue weighted by atomic mass is 35.5. The first-order chi connectivity index (χ1) is 13.5. The fourth-order valence-electron chi connectivity index (χ4n) is 2.56. The molecule has 0 saturated carbocycles. The van der Waals surface area contributed by atoms with Crippen molar-refractivity contribution in [1.82, 2.24) is 25.5 Å². The van der Waals surface area contributed by atoms with Crippen molar-refractivity contribution in [2.45, 2.75) is 18.6 Å². The Morgan fingerprint density at radius 1 is 1.25 bits per heavy atom. The van der Waals surface area contributed by atoms with Crippen LogP contribution in [0.2, 0.25) is 5.02 Å². The first-order valence-electron chi connectivity index (χ1n) is 8.22. The van der Waals surface area contributed by atoms with Crippen LogP contribution in [0, 0.1) is 0 Å². The number of aliphatic hydroxyl groups excluding tert-OH is 1. The zero-order valence-electron chi connectivity index (χ0n) is 14.4. The van der Waals surface area contributed by atoms with E-state index in [0.29, 0.717) is 22.0 Å². The summed E-state index contributed by atoms with van der Waals surface area (Å²) in [5.41, 5.74) is 1.58. The summed E-state index contributed by atoms with van der Waals surface area (Å²) in [6.45, 7) is 0. The summed E-state index contributed by atoms with van der Waals surface area (Å²) < 4.78 is 0. The van der Waals surface area contributed by atoms with Crippen LogP contribution >= 0.6 is 11.6 Å². The Morgan fingerprint density at radius 3 is 2.71 bits per heavy atom. The lowest BCUT2D eigenvalue weighted by Gasteiger charge is -2.21. The van der Waals surface area contributed by atoms with Crippen LogP contribution in [0.5, 0.6) is 0 Å². The molecule has 9 nitrogen and oxygen atoms in total. The molecule has 144 valence electrons. The molecule has 0 aliphatic carbocycles. The van der Waals surface area contributed by atoms with E-state index in [0.717, 1.165) is 0 Å². The van der Waals surface area contributed by atoms with Crippen molar-refractivity contribution < 1.29 is 19.8 Å². The van der Waals surface area contributed by atoms with E-state index in [1.54, 1.807) is 24.3 Å². The molecule has 2 heterocycles. The van der Waals surface area contributed by atoms with Gasteiger partial charge in [0.15, 0.2) is 11.8 Å². The fraction of sp³-hybridized carbons (Fsp3) is 0.167. The van der Waals surface area contributed by atoms with Gasteiger partial charge in [-0.05, 0) is 24.1 Å². The Morgan fingerprint density at radius 2 is 2.04 bits per heavy atom. The summed E-state index contributed by atoms with van der Waals surface area (Å²) in [6, 6.07) is 7.14. The van der Waals surface area contributed by atoms with Crippen molar-refractivity contribution in [3.63, 3.8) is 0 Å². The van der Waals surface area contributed by atoms with Gasteiger partial charge in [0.2, 0.25) is 0 Å². The van der Waals surface area contributed by atoms with Gasteiger partial charge < -0.3 is 15.5 Å². The summed E-state index contributed by atoms with van der Waals surface area (Å²) in [5, 5.41) is 28.7. The highest BCUT2D eigenvalue weighted by molar-refractivity contribution is 6.31. The van der Waals surface area contributed by atoms with Crippen molar-refractivity contribution in [3.05, 3.63) is 65.2 Å². The molecule has 1 amide bonds. The van der Waals surface area contributed by atoms with E-state index in [1.807, 2.05) is 0 Å². The highest BCUT2D eigenvalue weighted by Gasteiger charge is 2.29. The summed E-state index contributed by atoms with van der Waals surface area (Å²) in [4.78, 5) is 31.8. The van der Waals surface area contributed by atoms with Gasteiger partial charge in [0.25, 0.3) is 5.91 Å². The molecule has 0 aliphatic rings. The first-order valence-corrected chi connectivity index (χ1v) is 8.60. The van der Waals surface area contributed by atoms with Crippen LogP contribution < -0.4 is 5.32 Å². The van der Waals surface area contributed by atoms with Crippen molar-refractivity contribution in [3.8, 4) is 11.4 Å². The van der Waals surface area contributed by atoms with Crippen molar-refractivity contribution in [2.24, 2.45) is 0 Å². The number of halogens is 1. The molecule has 10 heteroatoms. The third-order valence-corrected chi connectivity index (χ3v) is 4.37. The Bertz CT molecular complexity index is 979. The van der Waals surface area contributed by atoms with Crippen LogP contribution in [0.25, 0.3) is 11.4 Å². The molecule has 2 aromatic heterocycles. The fourth-order valence-corrected chi connectivity index (χ4v) is 2.78. The van der Waals surface area contributed by atoms with Gasteiger partial charge in [0, 0.05) is 17.4 Å². The quantitative estimate of drug-likeness (QED) is 0.467. The van der Waals surface area contributed by atoms with Crippen LogP contribution in [0.3, 0.4) is 0 Å². The Hall–Kier alpha value is -3.30. The molecule has 0 saturated heterocycles. The molecule has 3 rings (SSSR count). The maximum Gasteiger partial charge on any atom is 0.334 e. The highest BCUT2D eigenvalue weighted by Crippen LogP contribution is 2.18. The number of H-pyrrole nitrogens is 1. The van der Waals surface area contributed by atoms with Gasteiger partial charge in [-0.2, -0.15) is 5.10 Å². The predicted octanol–water partition coefficient (Wildman–Crippen LogP) is 1.31. The largest absolute Gasteiger partial charge is 0.479 e. The number of carboxylic acids is 1. The van der Waals surface area contributed by atoms with Gasteiger partial charge in [-0.25, -0.2) is 4.79 Å². The molecule has 3 aromatic rings. The molecular formula is C18H16ClN5O4. The zero-order chi connectivity index (χ0) is 20.1. The second-order valence-corrected chi connectivity index (χ2v) is 6.32. The molecule has 0 aliphatic heterocycles. The number of nitrogens with one attached hydrogen (secondary N) is 2. The number of nitrogens with zero attached hydrogens (tertiary/aromatic N) is 3. The van der Waals surface area contributed by atoms with Gasteiger partial charge >= 0.3 is 5.97 Å². The van der Waals surface area contributed by atoms with Gasteiger partial charge in [0.1, 0.15) is 5.69 Å². The van der Waals surface area contributed by atoms with Crippen LogP contribution in [-0.4, -0.2) is 54.4 Å². The molecule has 28 heavy (non-hydrogen) atoms. The standard InChI is InChI=1S/C18H16ClN5O4/c19-11-4-2-1-3-10(11)7-13(16(25)18(27)28)22-17(26)14-8-12(23-24-14)15-9-20-5-6-21-15/h1-6,8-9,13,16,25H,7H2,(H,22,26)(H,23,24)(H,27,28)/t13-,16-/m1/s1. The lowest BCUT2D eigenvalue weighted by atomic mass is 10.0. The molecule has 0 spiro atoms. The van der Waals surface area contributed by atoms with E-state index in [1.165, 1.54) is 24.7 Å². The molecule has 0 fully saturated rings. The molecule has 0 radical (unpaired) electrons. The maximum absolute atomic E-state index is 12.5.